The Morgan fingerprint density at radius 1 is 1.12 bits per heavy atom. The number of anilines is 2. The van der Waals surface area contributed by atoms with Crippen LogP contribution in [0.4, 0.5) is 11.4 Å². The third-order valence-corrected chi connectivity index (χ3v) is 5.89. The summed E-state index contributed by atoms with van der Waals surface area (Å²) in [5.74, 6) is -0.300. The smallest absolute Gasteiger partial charge is 0.168 e. The SMILES string of the molecule is Nc1ccc2cncc3c2c1N(C1CCC2(CC1)OCCO2)CC3. The summed E-state index contributed by atoms with van der Waals surface area (Å²) < 4.78 is 11.8. The fourth-order valence-corrected chi connectivity index (χ4v) is 4.70. The van der Waals surface area contributed by atoms with E-state index in [-0.39, 0.29) is 5.79 Å². The van der Waals surface area contributed by atoms with Gasteiger partial charge in [-0.3, -0.25) is 4.98 Å². The summed E-state index contributed by atoms with van der Waals surface area (Å²) in [7, 11) is 0. The zero-order valence-electron chi connectivity index (χ0n) is 13.8. The van der Waals surface area contributed by atoms with Gasteiger partial charge in [0.1, 0.15) is 0 Å². The lowest BCUT2D eigenvalue weighted by Gasteiger charge is -2.43. The first-order valence-corrected chi connectivity index (χ1v) is 8.95. The quantitative estimate of drug-likeness (QED) is 0.817. The molecule has 126 valence electrons. The van der Waals surface area contributed by atoms with Gasteiger partial charge in [-0.1, -0.05) is 6.07 Å². The van der Waals surface area contributed by atoms with E-state index in [0.29, 0.717) is 6.04 Å². The summed E-state index contributed by atoms with van der Waals surface area (Å²) in [6.45, 7) is 2.49. The van der Waals surface area contributed by atoms with Crippen molar-refractivity contribution < 1.29 is 9.47 Å². The van der Waals surface area contributed by atoms with Crippen molar-refractivity contribution in [3.05, 3.63) is 30.1 Å². The third kappa shape index (κ3) is 2.11. The van der Waals surface area contributed by atoms with Crippen molar-refractivity contribution in [2.24, 2.45) is 0 Å². The Bertz CT molecular complexity index is 776. The summed E-state index contributed by atoms with van der Waals surface area (Å²) >= 11 is 0. The van der Waals surface area contributed by atoms with Crippen LogP contribution in [-0.2, 0) is 15.9 Å². The minimum absolute atomic E-state index is 0.300. The lowest BCUT2D eigenvalue weighted by atomic mass is 9.87. The molecule has 1 spiro atoms. The zero-order valence-corrected chi connectivity index (χ0v) is 13.8. The average molecular weight is 325 g/mol. The second-order valence-corrected chi connectivity index (χ2v) is 7.18. The van der Waals surface area contributed by atoms with Crippen LogP contribution in [0, 0.1) is 0 Å². The molecule has 3 heterocycles. The van der Waals surface area contributed by atoms with Gasteiger partial charge >= 0.3 is 0 Å². The van der Waals surface area contributed by atoms with E-state index >= 15 is 0 Å². The number of hydrogen-bond acceptors (Lipinski definition) is 5. The molecule has 5 nitrogen and oxygen atoms in total. The van der Waals surface area contributed by atoms with Crippen LogP contribution in [0.2, 0.25) is 0 Å². The third-order valence-electron chi connectivity index (χ3n) is 5.89. The Morgan fingerprint density at radius 2 is 1.92 bits per heavy atom. The molecule has 0 unspecified atom stereocenters. The molecular formula is C19H23N3O2. The van der Waals surface area contributed by atoms with Crippen LogP contribution in [0.15, 0.2) is 24.5 Å². The summed E-state index contributed by atoms with van der Waals surface area (Å²) in [6, 6.07) is 4.62. The van der Waals surface area contributed by atoms with Crippen LogP contribution < -0.4 is 10.6 Å². The molecule has 3 aliphatic rings. The molecule has 2 aromatic rings. The molecule has 1 aromatic carbocycles. The van der Waals surface area contributed by atoms with Gasteiger partial charge in [0.2, 0.25) is 0 Å². The maximum absolute atomic E-state index is 6.40. The van der Waals surface area contributed by atoms with Gasteiger partial charge in [-0.25, -0.2) is 0 Å². The van der Waals surface area contributed by atoms with Crippen LogP contribution in [0.25, 0.3) is 10.8 Å². The highest BCUT2D eigenvalue weighted by Gasteiger charge is 2.42. The molecule has 2 fully saturated rings. The lowest BCUT2D eigenvalue weighted by molar-refractivity contribution is -0.178. The lowest BCUT2D eigenvalue weighted by Crippen LogP contribution is -2.46. The number of nitrogen functional groups attached to an aromatic ring is 1. The Kier molecular flexibility index (Phi) is 3.22. The minimum atomic E-state index is -0.300. The summed E-state index contributed by atoms with van der Waals surface area (Å²) in [4.78, 5) is 6.92. The standard InChI is InChI=1S/C19H23N3O2/c20-16-2-1-13-11-21-12-14-5-8-22(18(16)17(13)14)15-3-6-19(7-4-15)23-9-10-24-19/h1-2,11-12,15H,3-10,20H2. The first-order chi connectivity index (χ1) is 11.8. The average Bonchev–Trinajstić information content (AvgIpc) is 3.07. The molecule has 1 aliphatic carbocycles. The number of benzene rings is 1. The molecule has 2 N–H and O–H groups in total. The molecule has 2 aliphatic heterocycles. The van der Waals surface area contributed by atoms with Gasteiger partial charge < -0.3 is 20.1 Å². The van der Waals surface area contributed by atoms with Crippen molar-refractivity contribution in [3.63, 3.8) is 0 Å². The summed E-state index contributed by atoms with van der Waals surface area (Å²) in [5, 5.41) is 2.49. The molecule has 1 saturated carbocycles. The van der Waals surface area contributed by atoms with E-state index in [0.717, 1.165) is 57.6 Å². The van der Waals surface area contributed by atoms with Crippen LogP contribution in [-0.4, -0.2) is 36.6 Å². The second kappa shape index (κ2) is 5.33. The van der Waals surface area contributed by atoms with Gasteiger partial charge in [0.15, 0.2) is 5.79 Å². The van der Waals surface area contributed by atoms with E-state index < -0.39 is 0 Å². The first kappa shape index (κ1) is 14.5. The maximum atomic E-state index is 6.40. The van der Waals surface area contributed by atoms with Crippen LogP contribution in [0.1, 0.15) is 31.2 Å². The maximum Gasteiger partial charge on any atom is 0.168 e. The second-order valence-electron chi connectivity index (χ2n) is 7.18. The molecule has 0 amide bonds. The predicted octanol–water partition coefficient (Wildman–Crippen LogP) is 2.87. The number of pyridine rings is 1. The number of nitrogens with zero attached hydrogens (tertiary/aromatic N) is 2. The number of rotatable bonds is 1. The van der Waals surface area contributed by atoms with Crippen LogP contribution in [0.3, 0.4) is 0 Å². The normalized spacial score (nSPS) is 23.2. The topological polar surface area (TPSA) is 60.6 Å². The van der Waals surface area contributed by atoms with Gasteiger partial charge in [-0.2, -0.15) is 0 Å². The highest BCUT2D eigenvalue weighted by atomic mass is 16.7. The number of hydrogen-bond donors (Lipinski definition) is 1. The highest BCUT2D eigenvalue weighted by molar-refractivity contribution is 6.02. The molecule has 5 rings (SSSR count). The van der Waals surface area contributed by atoms with E-state index in [1.807, 2.05) is 18.5 Å². The van der Waals surface area contributed by atoms with Gasteiger partial charge in [-0.15, -0.1) is 0 Å². The Morgan fingerprint density at radius 3 is 2.71 bits per heavy atom. The molecular weight excluding hydrogens is 302 g/mol. The van der Waals surface area contributed by atoms with E-state index in [2.05, 4.69) is 16.0 Å². The summed E-state index contributed by atoms with van der Waals surface area (Å²) in [5.41, 5.74) is 9.81. The van der Waals surface area contributed by atoms with Crippen molar-refractivity contribution in [2.75, 3.05) is 30.4 Å². The molecule has 1 aromatic heterocycles. The van der Waals surface area contributed by atoms with E-state index in [4.69, 9.17) is 15.2 Å². The molecule has 0 atom stereocenters. The van der Waals surface area contributed by atoms with Crippen molar-refractivity contribution in [3.8, 4) is 0 Å². The van der Waals surface area contributed by atoms with Gasteiger partial charge in [0.05, 0.1) is 24.6 Å². The van der Waals surface area contributed by atoms with Crippen LogP contribution >= 0.6 is 0 Å². The number of aromatic nitrogens is 1. The highest BCUT2D eigenvalue weighted by Crippen LogP contribution is 2.43. The largest absolute Gasteiger partial charge is 0.397 e. The first-order valence-electron chi connectivity index (χ1n) is 8.95. The van der Waals surface area contributed by atoms with Crippen molar-refractivity contribution >= 4 is 22.1 Å². The zero-order chi connectivity index (χ0) is 16.1. The summed E-state index contributed by atoms with van der Waals surface area (Å²) in [6.07, 6.45) is 9.13. The van der Waals surface area contributed by atoms with Crippen molar-refractivity contribution in [1.82, 2.24) is 4.98 Å². The van der Waals surface area contributed by atoms with Crippen molar-refractivity contribution in [2.45, 2.75) is 43.9 Å². The van der Waals surface area contributed by atoms with Crippen molar-refractivity contribution in [1.29, 1.82) is 0 Å². The Labute approximate surface area is 141 Å². The van der Waals surface area contributed by atoms with E-state index in [1.54, 1.807) is 0 Å². The fourth-order valence-electron chi connectivity index (χ4n) is 4.70. The molecule has 24 heavy (non-hydrogen) atoms. The van der Waals surface area contributed by atoms with Gasteiger partial charge in [-0.05, 0) is 30.9 Å². The fraction of sp³-hybridized carbons (Fsp3) is 0.526. The van der Waals surface area contributed by atoms with Gasteiger partial charge in [0.25, 0.3) is 0 Å². The van der Waals surface area contributed by atoms with Crippen LogP contribution in [0.5, 0.6) is 0 Å². The Hall–Kier alpha value is -1.85. The molecule has 5 heteroatoms. The predicted molar refractivity (Wildman–Crippen MR) is 94.1 cm³/mol. The Balaban J connectivity index is 1.49. The van der Waals surface area contributed by atoms with E-state index in [9.17, 15) is 0 Å². The monoisotopic (exact) mass is 325 g/mol. The number of ether oxygens (including phenoxy) is 2. The van der Waals surface area contributed by atoms with Gasteiger partial charge in [0, 0.05) is 48.6 Å². The molecule has 0 bridgehead atoms. The molecule has 1 saturated heterocycles. The number of nitrogens with two attached hydrogens (primary N) is 1. The van der Waals surface area contributed by atoms with E-state index in [1.165, 1.54) is 22.0 Å². The molecule has 0 radical (unpaired) electrons. The minimum Gasteiger partial charge on any atom is -0.397 e.